The summed E-state index contributed by atoms with van der Waals surface area (Å²) in [5.74, 6) is -1.76. The summed E-state index contributed by atoms with van der Waals surface area (Å²) in [5.41, 5.74) is 0.609. The van der Waals surface area contributed by atoms with E-state index >= 15 is 0 Å². The van der Waals surface area contributed by atoms with Gasteiger partial charge in [-0.1, -0.05) is 37.6 Å². The van der Waals surface area contributed by atoms with Gasteiger partial charge in [0.1, 0.15) is 6.04 Å². The van der Waals surface area contributed by atoms with Crippen LogP contribution in [-0.2, 0) is 14.3 Å². The van der Waals surface area contributed by atoms with Gasteiger partial charge >= 0.3 is 12.1 Å². The molecule has 3 N–H and O–H groups in total. The average Bonchev–Trinajstić information content (AvgIpc) is 2.51. The van der Waals surface area contributed by atoms with Crippen molar-refractivity contribution in [2.75, 3.05) is 0 Å². The SMILES string of the molecule is CC(C)OC(=O)N[C@H](C(=O)NC(CC(=O)O)c1ccc(Cl)cc1)C(C)C. The van der Waals surface area contributed by atoms with Gasteiger partial charge in [0.2, 0.25) is 5.91 Å². The Morgan fingerprint density at radius 3 is 2.12 bits per heavy atom. The summed E-state index contributed by atoms with van der Waals surface area (Å²) in [5, 5.41) is 14.9. The van der Waals surface area contributed by atoms with Gasteiger partial charge in [0, 0.05) is 5.02 Å². The number of carboxylic acids is 1. The summed E-state index contributed by atoms with van der Waals surface area (Å²) in [6, 6.07) is 4.94. The molecule has 0 heterocycles. The largest absolute Gasteiger partial charge is 0.481 e. The van der Waals surface area contributed by atoms with E-state index in [-0.39, 0.29) is 18.4 Å². The van der Waals surface area contributed by atoms with Crippen molar-refractivity contribution in [2.45, 2.75) is 52.3 Å². The van der Waals surface area contributed by atoms with E-state index in [0.717, 1.165) is 0 Å². The van der Waals surface area contributed by atoms with Crippen molar-refractivity contribution in [3.63, 3.8) is 0 Å². The summed E-state index contributed by atoms with van der Waals surface area (Å²) in [6.45, 7) is 6.95. The van der Waals surface area contributed by atoms with Gasteiger partial charge < -0.3 is 20.5 Å². The Kier molecular flexibility index (Phi) is 8.38. The van der Waals surface area contributed by atoms with Gasteiger partial charge in [-0.25, -0.2) is 4.79 Å². The first-order valence-corrected chi connectivity index (χ1v) is 8.72. The van der Waals surface area contributed by atoms with E-state index in [0.29, 0.717) is 10.6 Å². The zero-order valence-electron chi connectivity index (χ0n) is 15.3. The van der Waals surface area contributed by atoms with Gasteiger partial charge in [-0.2, -0.15) is 0 Å². The minimum Gasteiger partial charge on any atom is -0.481 e. The van der Waals surface area contributed by atoms with Gasteiger partial charge in [0.25, 0.3) is 0 Å². The fourth-order valence-corrected chi connectivity index (χ4v) is 2.42. The number of halogens is 1. The second-order valence-corrected chi connectivity index (χ2v) is 6.97. The van der Waals surface area contributed by atoms with Crippen molar-refractivity contribution in [1.29, 1.82) is 0 Å². The Balaban J connectivity index is 2.92. The van der Waals surface area contributed by atoms with Gasteiger partial charge in [0.15, 0.2) is 0 Å². The molecule has 1 aromatic rings. The minimum absolute atomic E-state index is 0.217. The summed E-state index contributed by atoms with van der Waals surface area (Å²) in [6.07, 6.45) is -1.32. The zero-order chi connectivity index (χ0) is 19.9. The summed E-state index contributed by atoms with van der Waals surface area (Å²) in [7, 11) is 0. The summed E-state index contributed by atoms with van der Waals surface area (Å²) in [4.78, 5) is 35.6. The number of carbonyl (C=O) groups is 3. The number of hydrogen-bond donors (Lipinski definition) is 3. The topological polar surface area (TPSA) is 105 Å². The number of aliphatic carboxylic acids is 1. The molecule has 0 bridgehead atoms. The zero-order valence-corrected chi connectivity index (χ0v) is 16.0. The first-order chi connectivity index (χ1) is 12.1. The van der Waals surface area contributed by atoms with Gasteiger partial charge in [-0.15, -0.1) is 0 Å². The van der Waals surface area contributed by atoms with E-state index in [4.69, 9.17) is 21.4 Å². The lowest BCUT2D eigenvalue weighted by atomic mass is 10.00. The third-order valence-electron chi connectivity index (χ3n) is 3.53. The van der Waals surface area contributed by atoms with Crippen molar-refractivity contribution in [3.05, 3.63) is 34.9 Å². The van der Waals surface area contributed by atoms with E-state index in [9.17, 15) is 14.4 Å². The molecule has 1 rings (SSSR count). The Morgan fingerprint density at radius 2 is 1.65 bits per heavy atom. The highest BCUT2D eigenvalue weighted by Gasteiger charge is 2.28. The maximum Gasteiger partial charge on any atom is 0.408 e. The Labute approximate surface area is 158 Å². The molecule has 144 valence electrons. The maximum atomic E-state index is 12.6. The Bertz CT molecular complexity index is 631. The van der Waals surface area contributed by atoms with E-state index in [1.807, 2.05) is 0 Å². The highest BCUT2D eigenvalue weighted by molar-refractivity contribution is 6.30. The second kappa shape index (κ2) is 10.0. The van der Waals surface area contributed by atoms with Crippen molar-refractivity contribution in [2.24, 2.45) is 5.92 Å². The lowest BCUT2D eigenvalue weighted by Gasteiger charge is -2.25. The van der Waals surface area contributed by atoms with Crippen molar-refractivity contribution >= 4 is 29.6 Å². The number of alkyl carbamates (subject to hydrolysis) is 1. The highest BCUT2D eigenvalue weighted by atomic mass is 35.5. The van der Waals surface area contributed by atoms with E-state index in [2.05, 4.69) is 10.6 Å². The predicted molar refractivity (Wildman–Crippen MR) is 98.0 cm³/mol. The fourth-order valence-electron chi connectivity index (χ4n) is 2.29. The van der Waals surface area contributed by atoms with Crippen molar-refractivity contribution in [1.82, 2.24) is 10.6 Å². The summed E-state index contributed by atoms with van der Waals surface area (Å²) >= 11 is 5.85. The molecular weight excluding hydrogens is 360 g/mol. The third kappa shape index (κ3) is 7.31. The maximum absolute atomic E-state index is 12.6. The summed E-state index contributed by atoms with van der Waals surface area (Å²) < 4.78 is 5.01. The lowest BCUT2D eigenvalue weighted by molar-refractivity contribution is -0.137. The second-order valence-electron chi connectivity index (χ2n) is 6.53. The van der Waals surface area contributed by atoms with Crippen LogP contribution in [0.2, 0.25) is 5.02 Å². The molecule has 2 atom stereocenters. The fraction of sp³-hybridized carbons (Fsp3) is 0.500. The number of benzene rings is 1. The van der Waals surface area contributed by atoms with Crippen LogP contribution in [0, 0.1) is 5.92 Å². The number of amides is 2. The number of rotatable bonds is 8. The molecule has 7 nitrogen and oxygen atoms in total. The Hall–Kier alpha value is -2.28. The quantitative estimate of drug-likeness (QED) is 0.638. The van der Waals surface area contributed by atoms with Crippen LogP contribution >= 0.6 is 11.6 Å². The van der Waals surface area contributed by atoms with Crippen LogP contribution in [0.3, 0.4) is 0 Å². The molecule has 2 amide bonds. The lowest BCUT2D eigenvalue weighted by Crippen LogP contribution is -2.51. The molecule has 0 radical (unpaired) electrons. The normalized spacial score (nSPS) is 13.2. The number of nitrogens with one attached hydrogen (secondary N) is 2. The molecule has 0 aromatic heterocycles. The molecule has 0 saturated heterocycles. The molecule has 1 unspecified atom stereocenters. The van der Waals surface area contributed by atoms with Gasteiger partial charge in [-0.05, 0) is 37.5 Å². The molecule has 0 saturated carbocycles. The van der Waals surface area contributed by atoms with Crippen LogP contribution in [0.4, 0.5) is 4.79 Å². The molecule has 0 fully saturated rings. The smallest absolute Gasteiger partial charge is 0.408 e. The van der Waals surface area contributed by atoms with Gasteiger partial charge in [0.05, 0.1) is 18.6 Å². The van der Waals surface area contributed by atoms with Crippen LogP contribution in [0.1, 0.15) is 45.7 Å². The molecule has 0 aliphatic heterocycles. The van der Waals surface area contributed by atoms with Crippen molar-refractivity contribution in [3.8, 4) is 0 Å². The molecule has 0 aliphatic carbocycles. The van der Waals surface area contributed by atoms with Crippen LogP contribution < -0.4 is 10.6 Å². The number of hydrogen-bond acceptors (Lipinski definition) is 4. The Morgan fingerprint density at radius 1 is 1.08 bits per heavy atom. The average molecular weight is 385 g/mol. The van der Waals surface area contributed by atoms with Crippen LogP contribution in [0.25, 0.3) is 0 Å². The number of ether oxygens (including phenoxy) is 1. The first-order valence-electron chi connectivity index (χ1n) is 8.35. The van der Waals surface area contributed by atoms with Crippen LogP contribution in [-0.4, -0.2) is 35.2 Å². The van der Waals surface area contributed by atoms with E-state index < -0.39 is 30.1 Å². The monoisotopic (exact) mass is 384 g/mol. The number of carboxylic acid groups (broad SMARTS) is 1. The molecule has 1 aromatic carbocycles. The molecule has 0 aliphatic rings. The minimum atomic E-state index is -1.06. The van der Waals surface area contributed by atoms with Gasteiger partial charge in [-0.3, -0.25) is 9.59 Å². The molecule has 0 spiro atoms. The van der Waals surface area contributed by atoms with Crippen molar-refractivity contribution < 1.29 is 24.2 Å². The van der Waals surface area contributed by atoms with E-state index in [1.165, 1.54) is 0 Å². The molecule has 8 heteroatoms. The number of carbonyl (C=O) groups excluding carboxylic acids is 2. The molecular formula is C18H25ClN2O5. The van der Waals surface area contributed by atoms with E-state index in [1.54, 1.807) is 52.0 Å². The highest BCUT2D eigenvalue weighted by Crippen LogP contribution is 2.20. The predicted octanol–water partition coefficient (Wildman–Crippen LogP) is 3.13. The standard InChI is InChI=1S/C18H25ClN2O5/c1-10(2)16(21-18(25)26-11(3)4)17(24)20-14(9-15(22)23)12-5-7-13(19)8-6-12/h5-8,10-11,14,16H,9H2,1-4H3,(H,20,24)(H,21,25)(H,22,23)/t14?,16-/m0/s1. The third-order valence-corrected chi connectivity index (χ3v) is 3.78. The first kappa shape index (κ1) is 21.8. The van der Waals surface area contributed by atoms with Crippen LogP contribution in [0.15, 0.2) is 24.3 Å². The molecule has 26 heavy (non-hydrogen) atoms. The van der Waals surface area contributed by atoms with Crippen LogP contribution in [0.5, 0.6) is 0 Å².